The molecule has 0 saturated carbocycles. The highest BCUT2D eigenvalue weighted by Crippen LogP contribution is 2.55. The standard InChI is InChI=1S/C103H58N6S3/c1-103(79-38-16-12-32-70(79)93-99(103)104-94(74-36-20-42-85-87(74)71-33-13-17-39-82(71)110-85)100(105-93)108-80-52-50-67-63-28-7-6-26-61(63)62-27-10-11-31-66(62)89(67)91(80)76-48-45-57-22-2-4-24-59(57)97(76)108)55-56-44-47-69-78(54-56)65-30-9-8-29-64(65)68-51-53-81-92(90(68)69)77-49-46-58-23-3-5-25-60(58)98(77)109(81)101-95(107-102-96(106-101)73-35-15-19-41-84(73)112-102)75-37-21-43-86-88(75)72-34-14-18-40-83(72)111-86/h2-54H,55H2,1H3. The van der Waals surface area contributed by atoms with Gasteiger partial charge >= 0.3 is 0 Å². The molecule has 9 heteroatoms. The average Bonchev–Trinajstić information content (AvgIpc) is 1.53. The predicted molar refractivity (Wildman–Crippen MR) is 478 cm³/mol. The predicted octanol–water partition coefficient (Wildman–Crippen LogP) is 28.7. The molecule has 0 amide bonds. The lowest BCUT2D eigenvalue weighted by atomic mass is 9.77. The molecule has 1 aliphatic rings. The Labute approximate surface area is 651 Å². The van der Waals surface area contributed by atoms with E-state index in [9.17, 15) is 0 Å². The van der Waals surface area contributed by atoms with Crippen LogP contribution in [0.3, 0.4) is 0 Å². The number of aromatic nitrogens is 6. The summed E-state index contributed by atoms with van der Waals surface area (Å²) in [7, 11) is 0. The van der Waals surface area contributed by atoms with E-state index in [1.807, 2.05) is 22.7 Å². The first-order valence-electron chi connectivity index (χ1n) is 38.4. The van der Waals surface area contributed by atoms with Crippen molar-refractivity contribution in [2.45, 2.75) is 18.8 Å². The Morgan fingerprint density at radius 3 is 1.27 bits per heavy atom. The maximum atomic E-state index is 6.38. The smallest absolute Gasteiger partial charge is 0.165 e. The van der Waals surface area contributed by atoms with Crippen LogP contribution in [-0.4, -0.2) is 29.1 Å². The minimum atomic E-state index is -0.643. The van der Waals surface area contributed by atoms with E-state index < -0.39 is 5.41 Å². The third-order valence-corrected chi connectivity index (χ3v) is 28.2. The zero-order valence-corrected chi connectivity index (χ0v) is 62.7. The first-order chi connectivity index (χ1) is 55.4. The number of nitrogens with zero attached hydrogens (tertiary/aromatic N) is 6. The summed E-state index contributed by atoms with van der Waals surface area (Å²) in [6.07, 6.45) is 0.661. The lowest BCUT2D eigenvalue weighted by molar-refractivity contribution is 0.564. The molecule has 6 nitrogen and oxygen atoms in total. The van der Waals surface area contributed by atoms with Crippen molar-refractivity contribution in [3.05, 3.63) is 338 Å². The van der Waals surface area contributed by atoms with Crippen molar-refractivity contribution in [2.24, 2.45) is 0 Å². The van der Waals surface area contributed by atoms with Gasteiger partial charge in [-0.1, -0.05) is 279 Å². The van der Waals surface area contributed by atoms with Gasteiger partial charge in [-0.15, -0.1) is 34.0 Å². The zero-order chi connectivity index (χ0) is 72.9. The van der Waals surface area contributed by atoms with Crippen molar-refractivity contribution in [3.63, 3.8) is 0 Å². The van der Waals surface area contributed by atoms with Crippen LogP contribution in [0.1, 0.15) is 23.7 Å². The maximum absolute atomic E-state index is 6.38. The summed E-state index contributed by atoms with van der Waals surface area (Å²) in [6, 6.07) is 120. The third kappa shape index (κ3) is 8.20. The minimum absolute atomic E-state index is 0.643. The molecule has 0 spiro atoms. The molecular formula is C103H58N6S3. The Morgan fingerprint density at radius 2 is 0.688 bits per heavy atom. The van der Waals surface area contributed by atoms with Crippen molar-refractivity contribution in [3.8, 4) is 45.4 Å². The summed E-state index contributed by atoms with van der Waals surface area (Å²) in [5.41, 5.74) is 13.9. The van der Waals surface area contributed by atoms with Gasteiger partial charge in [-0.05, 0) is 132 Å². The summed E-state index contributed by atoms with van der Waals surface area (Å²) in [5.74, 6) is 1.62. The van der Waals surface area contributed by atoms with Gasteiger partial charge < -0.3 is 0 Å². The van der Waals surface area contributed by atoms with Gasteiger partial charge in [0.1, 0.15) is 21.7 Å². The molecule has 18 aromatic carbocycles. The molecule has 0 fully saturated rings. The fourth-order valence-corrected chi connectivity index (χ4v) is 23.5. The Hall–Kier alpha value is -13.5. The minimum Gasteiger partial charge on any atom is -0.291 e. The second-order valence-electron chi connectivity index (χ2n) is 30.7. The summed E-state index contributed by atoms with van der Waals surface area (Å²) >= 11 is 5.40. The van der Waals surface area contributed by atoms with E-state index >= 15 is 0 Å². The number of fused-ring (bicyclic) bond motifs is 36. The van der Waals surface area contributed by atoms with Gasteiger partial charge in [-0.3, -0.25) is 9.13 Å². The Balaban J connectivity index is 0.728. The molecule has 0 N–H and O–H groups in total. The Morgan fingerprint density at radius 1 is 0.277 bits per heavy atom. The van der Waals surface area contributed by atoms with E-state index in [-0.39, 0.29) is 0 Å². The quantitative estimate of drug-likeness (QED) is 0.156. The molecule has 0 bridgehead atoms. The summed E-state index contributed by atoms with van der Waals surface area (Å²) in [5, 5.41) is 30.0. The second kappa shape index (κ2) is 22.6. The van der Waals surface area contributed by atoms with Gasteiger partial charge in [0.2, 0.25) is 0 Å². The highest BCUT2D eigenvalue weighted by Gasteiger charge is 2.44. The van der Waals surface area contributed by atoms with Crippen molar-refractivity contribution >= 4 is 225 Å². The highest BCUT2D eigenvalue weighted by atomic mass is 32.1. The van der Waals surface area contributed by atoms with E-state index in [4.69, 9.17) is 19.9 Å². The maximum Gasteiger partial charge on any atom is 0.165 e. The van der Waals surface area contributed by atoms with E-state index in [1.54, 1.807) is 11.3 Å². The van der Waals surface area contributed by atoms with Crippen LogP contribution >= 0.6 is 34.0 Å². The molecule has 7 heterocycles. The largest absolute Gasteiger partial charge is 0.291 e. The van der Waals surface area contributed by atoms with Crippen molar-refractivity contribution < 1.29 is 0 Å². The normalized spacial score (nSPS) is 14.0. The molecule has 112 heavy (non-hydrogen) atoms. The lowest BCUT2D eigenvalue weighted by Crippen LogP contribution is -2.26. The SMILES string of the molecule is CC1(Cc2ccc3c(c2)c2ccccc2c2ccc4c(c5ccc6ccccc6c5n4-c4nc5c(nc4-c4cccc6sc7ccccc7c46)sc4ccccc45)c23)c2ccccc2-c2nc(-n3c4ccc5c6ccccc6c6ccccc6c5c4c4ccc5ccccc5c43)c(-c3cccc4sc5ccccc5c34)nc21. The van der Waals surface area contributed by atoms with Gasteiger partial charge in [0.15, 0.2) is 11.6 Å². The van der Waals surface area contributed by atoms with Crippen molar-refractivity contribution in [1.29, 1.82) is 0 Å². The average molecular weight is 1480 g/mol. The molecular weight excluding hydrogens is 1420 g/mol. The van der Waals surface area contributed by atoms with E-state index in [0.29, 0.717) is 6.42 Å². The van der Waals surface area contributed by atoms with Crippen molar-refractivity contribution in [2.75, 3.05) is 0 Å². The number of rotatable bonds is 6. The van der Waals surface area contributed by atoms with Gasteiger partial charge in [-0.25, -0.2) is 19.9 Å². The van der Waals surface area contributed by atoms with Crippen LogP contribution in [0.5, 0.6) is 0 Å². The molecule has 7 aromatic heterocycles. The van der Waals surface area contributed by atoms with Crippen molar-refractivity contribution in [1.82, 2.24) is 29.1 Å². The van der Waals surface area contributed by atoms with Crippen LogP contribution < -0.4 is 0 Å². The topological polar surface area (TPSA) is 61.4 Å². The summed E-state index contributed by atoms with van der Waals surface area (Å²) in [6.45, 7) is 2.44. The molecule has 1 aliphatic carbocycles. The Kier molecular flexibility index (Phi) is 12.4. The summed E-state index contributed by atoms with van der Waals surface area (Å²) in [4.78, 5) is 25.4. The highest BCUT2D eigenvalue weighted by molar-refractivity contribution is 7.26. The van der Waals surface area contributed by atoms with E-state index in [1.165, 1.54) is 148 Å². The van der Waals surface area contributed by atoms with Crippen LogP contribution in [-0.2, 0) is 11.8 Å². The fourth-order valence-electron chi connectivity index (χ4n) is 20.2. The first kappa shape index (κ1) is 61.4. The number of hydrogen-bond acceptors (Lipinski definition) is 7. The molecule has 1 atom stereocenters. The molecule has 0 radical (unpaired) electrons. The molecule has 25 aromatic rings. The molecule has 26 rings (SSSR count). The second-order valence-corrected chi connectivity index (χ2v) is 33.9. The van der Waals surface area contributed by atoms with Crippen LogP contribution in [0.4, 0.5) is 0 Å². The molecule has 518 valence electrons. The first-order valence-corrected chi connectivity index (χ1v) is 40.8. The van der Waals surface area contributed by atoms with Gasteiger partial charge in [-0.2, -0.15) is 0 Å². The number of benzene rings is 18. The number of hydrogen-bond donors (Lipinski definition) is 0. The van der Waals surface area contributed by atoms with Gasteiger partial charge in [0, 0.05) is 116 Å². The van der Waals surface area contributed by atoms with Crippen LogP contribution in [0, 0.1) is 0 Å². The number of thiophene rings is 3. The van der Waals surface area contributed by atoms with E-state index in [2.05, 4.69) is 338 Å². The van der Waals surface area contributed by atoms with E-state index in [0.717, 1.165) is 105 Å². The van der Waals surface area contributed by atoms with Crippen LogP contribution in [0.25, 0.3) is 236 Å². The monoisotopic (exact) mass is 1470 g/mol. The Bertz CT molecular complexity index is 8570. The third-order valence-electron chi connectivity index (χ3n) is 24.9. The summed E-state index contributed by atoms with van der Waals surface area (Å²) < 4.78 is 11.1. The molecule has 1 unspecified atom stereocenters. The lowest BCUT2D eigenvalue weighted by Gasteiger charge is -2.27. The van der Waals surface area contributed by atoms with Crippen LogP contribution in [0.2, 0.25) is 0 Å². The fraction of sp³-hybridized carbons (Fsp3) is 0.0291. The van der Waals surface area contributed by atoms with Gasteiger partial charge in [0.25, 0.3) is 0 Å². The molecule has 0 aliphatic heterocycles. The zero-order valence-electron chi connectivity index (χ0n) is 60.2. The van der Waals surface area contributed by atoms with Gasteiger partial charge in [0.05, 0.1) is 33.5 Å². The molecule has 0 saturated heterocycles. The van der Waals surface area contributed by atoms with Crippen LogP contribution in [0.15, 0.2) is 322 Å².